The van der Waals surface area contributed by atoms with Crippen molar-refractivity contribution in [1.82, 2.24) is 14.8 Å². The van der Waals surface area contributed by atoms with Crippen LogP contribution in [-0.4, -0.2) is 40.0 Å². The Bertz CT molecular complexity index is 465. The van der Waals surface area contributed by atoms with E-state index in [-0.39, 0.29) is 6.29 Å². The van der Waals surface area contributed by atoms with E-state index in [1.54, 1.807) is 11.8 Å². The Balaban J connectivity index is 1.36. The molecular formula is C14H21N3O2S. The topological polar surface area (TPSA) is 49.2 Å². The summed E-state index contributed by atoms with van der Waals surface area (Å²) in [5, 5.41) is 9.95. The van der Waals surface area contributed by atoms with Gasteiger partial charge in [0.15, 0.2) is 11.4 Å². The molecule has 1 aromatic rings. The molecule has 5 nitrogen and oxygen atoms in total. The zero-order valence-corrected chi connectivity index (χ0v) is 12.5. The molecule has 2 saturated carbocycles. The van der Waals surface area contributed by atoms with E-state index in [0.717, 1.165) is 37.0 Å². The van der Waals surface area contributed by atoms with Crippen LogP contribution in [0.5, 0.6) is 0 Å². The lowest BCUT2D eigenvalue weighted by Crippen LogP contribution is -2.25. The molecule has 6 heteroatoms. The molecule has 0 spiro atoms. The number of thioether (sulfide) groups is 1. The maximum absolute atomic E-state index is 5.58. The maximum atomic E-state index is 5.58. The summed E-state index contributed by atoms with van der Waals surface area (Å²) in [4.78, 5) is 0. The monoisotopic (exact) mass is 295 g/mol. The molecule has 2 aliphatic carbocycles. The van der Waals surface area contributed by atoms with Crippen molar-refractivity contribution in [2.24, 2.45) is 0 Å². The van der Waals surface area contributed by atoms with Crippen LogP contribution in [0, 0.1) is 0 Å². The third-order valence-corrected chi connectivity index (χ3v) is 5.00. The van der Waals surface area contributed by atoms with Crippen LogP contribution in [-0.2, 0) is 9.47 Å². The van der Waals surface area contributed by atoms with Crippen molar-refractivity contribution in [1.29, 1.82) is 0 Å². The largest absolute Gasteiger partial charge is 0.353 e. The average Bonchev–Trinajstić information content (AvgIpc) is 3.40. The highest BCUT2D eigenvalue weighted by atomic mass is 32.2. The van der Waals surface area contributed by atoms with Crippen LogP contribution in [0.1, 0.15) is 56.3 Å². The van der Waals surface area contributed by atoms with Crippen LogP contribution >= 0.6 is 11.8 Å². The minimum atomic E-state index is -0.0172. The fourth-order valence-corrected chi connectivity index (χ4v) is 3.61. The molecule has 110 valence electrons. The van der Waals surface area contributed by atoms with Crippen LogP contribution in [0.4, 0.5) is 0 Å². The van der Waals surface area contributed by atoms with Crippen LogP contribution in [0.25, 0.3) is 0 Å². The second-order valence-corrected chi connectivity index (χ2v) is 6.94. The summed E-state index contributed by atoms with van der Waals surface area (Å²) >= 11 is 1.80. The maximum Gasteiger partial charge on any atom is 0.191 e. The van der Waals surface area contributed by atoms with E-state index in [1.165, 1.54) is 31.5 Å². The summed E-state index contributed by atoms with van der Waals surface area (Å²) in [5.41, 5.74) is 0. The minimum absolute atomic E-state index is 0.0172. The fourth-order valence-electron chi connectivity index (χ4n) is 2.63. The van der Waals surface area contributed by atoms with Gasteiger partial charge in [-0.2, -0.15) is 0 Å². The highest BCUT2D eigenvalue weighted by Crippen LogP contribution is 2.46. The zero-order valence-electron chi connectivity index (χ0n) is 11.7. The number of rotatable bonds is 6. The first-order chi connectivity index (χ1) is 9.92. The van der Waals surface area contributed by atoms with Crippen LogP contribution in [0.2, 0.25) is 0 Å². The predicted octanol–water partition coefficient (Wildman–Crippen LogP) is 2.74. The van der Waals surface area contributed by atoms with Gasteiger partial charge in [-0.3, -0.25) is 0 Å². The first-order valence-electron chi connectivity index (χ1n) is 7.72. The van der Waals surface area contributed by atoms with Crippen molar-refractivity contribution in [2.45, 2.75) is 61.9 Å². The van der Waals surface area contributed by atoms with E-state index < -0.39 is 0 Å². The van der Waals surface area contributed by atoms with Gasteiger partial charge in [0.05, 0.1) is 13.2 Å². The summed E-state index contributed by atoms with van der Waals surface area (Å²) < 4.78 is 13.6. The van der Waals surface area contributed by atoms with Gasteiger partial charge in [0, 0.05) is 24.1 Å². The summed E-state index contributed by atoms with van der Waals surface area (Å²) in [5.74, 6) is 2.91. The van der Waals surface area contributed by atoms with Crippen molar-refractivity contribution in [3.05, 3.63) is 5.82 Å². The van der Waals surface area contributed by atoms with Crippen molar-refractivity contribution in [2.75, 3.05) is 19.0 Å². The van der Waals surface area contributed by atoms with Gasteiger partial charge in [0.1, 0.15) is 5.82 Å². The molecule has 2 heterocycles. The predicted molar refractivity (Wildman–Crippen MR) is 75.9 cm³/mol. The lowest BCUT2D eigenvalue weighted by Gasteiger charge is -2.22. The third-order valence-electron chi connectivity index (χ3n) is 4.03. The highest BCUT2D eigenvalue weighted by molar-refractivity contribution is 7.99. The standard InChI is InChI=1S/C14H21N3O2S/c1-7-18-12(19-8-1)6-9-20-14-16-15-13(10-2-3-10)17(14)11-4-5-11/h10-12H,1-9H2. The lowest BCUT2D eigenvalue weighted by atomic mass is 10.4. The third kappa shape index (κ3) is 2.87. The Morgan fingerprint density at radius 1 is 1.10 bits per heavy atom. The fraction of sp³-hybridized carbons (Fsp3) is 0.857. The van der Waals surface area contributed by atoms with Crippen LogP contribution < -0.4 is 0 Å². The van der Waals surface area contributed by atoms with Gasteiger partial charge >= 0.3 is 0 Å². The van der Waals surface area contributed by atoms with Gasteiger partial charge in [0.25, 0.3) is 0 Å². The molecule has 0 bridgehead atoms. The van der Waals surface area contributed by atoms with E-state index in [1.807, 2.05) is 0 Å². The number of ether oxygens (including phenoxy) is 2. The van der Waals surface area contributed by atoms with Gasteiger partial charge in [-0.15, -0.1) is 10.2 Å². The van der Waals surface area contributed by atoms with E-state index in [4.69, 9.17) is 9.47 Å². The Labute approximate surface area is 123 Å². The van der Waals surface area contributed by atoms with Gasteiger partial charge in [-0.25, -0.2) is 0 Å². The molecule has 1 aliphatic heterocycles. The molecule has 1 aromatic heterocycles. The molecule has 0 unspecified atom stereocenters. The number of aromatic nitrogens is 3. The Morgan fingerprint density at radius 3 is 2.60 bits per heavy atom. The average molecular weight is 295 g/mol. The second kappa shape index (κ2) is 5.66. The van der Waals surface area contributed by atoms with Crippen LogP contribution in [0.15, 0.2) is 5.16 Å². The SMILES string of the molecule is C1COC(CCSc2nnc(C3CC3)n2C2CC2)OC1. The zero-order chi connectivity index (χ0) is 13.4. The smallest absolute Gasteiger partial charge is 0.191 e. The van der Waals surface area contributed by atoms with E-state index in [9.17, 15) is 0 Å². The number of nitrogens with zero attached hydrogens (tertiary/aromatic N) is 3. The molecule has 3 fully saturated rings. The molecule has 0 atom stereocenters. The molecule has 4 rings (SSSR count). The number of hydrogen-bond donors (Lipinski definition) is 0. The first-order valence-corrected chi connectivity index (χ1v) is 8.71. The van der Waals surface area contributed by atoms with E-state index >= 15 is 0 Å². The Hall–Kier alpha value is -0.590. The molecule has 20 heavy (non-hydrogen) atoms. The van der Waals surface area contributed by atoms with Gasteiger partial charge in [0.2, 0.25) is 0 Å². The van der Waals surface area contributed by atoms with Crippen LogP contribution in [0.3, 0.4) is 0 Å². The molecule has 0 N–H and O–H groups in total. The molecule has 1 saturated heterocycles. The summed E-state index contributed by atoms with van der Waals surface area (Å²) in [6.45, 7) is 1.67. The van der Waals surface area contributed by atoms with Gasteiger partial charge in [-0.1, -0.05) is 11.8 Å². The van der Waals surface area contributed by atoms with Crippen molar-refractivity contribution in [3.63, 3.8) is 0 Å². The molecule has 0 amide bonds. The minimum Gasteiger partial charge on any atom is -0.353 e. The van der Waals surface area contributed by atoms with Gasteiger partial charge in [-0.05, 0) is 32.1 Å². The van der Waals surface area contributed by atoms with E-state index in [0.29, 0.717) is 12.0 Å². The quantitative estimate of drug-likeness (QED) is 0.755. The Kier molecular flexibility index (Phi) is 3.70. The molecule has 3 aliphatic rings. The molecular weight excluding hydrogens is 274 g/mol. The normalized spacial score (nSPS) is 24.2. The van der Waals surface area contributed by atoms with Crippen molar-refractivity contribution < 1.29 is 9.47 Å². The summed E-state index contributed by atoms with van der Waals surface area (Å²) in [6, 6.07) is 0.672. The Morgan fingerprint density at radius 2 is 1.90 bits per heavy atom. The summed E-state index contributed by atoms with van der Waals surface area (Å²) in [7, 11) is 0. The number of hydrogen-bond acceptors (Lipinski definition) is 5. The molecule has 0 aromatic carbocycles. The van der Waals surface area contributed by atoms with Crippen molar-refractivity contribution >= 4 is 11.8 Å². The summed E-state index contributed by atoms with van der Waals surface area (Å²) in [6.07, 6.45) is 7.10. The highest BCUT2D eigenvalue weighted by Gasteiger charge is 2.36. The van der Waals surface area contributed by atoms with Gasteiger partial charge < -0.3 is 14.0 Å². The van der Waals surface area contributed by atoms with Crippen molar-refractivity contribution in [3.8, 4) is 0 Å². The second-order valence-electron chi connectivity index (χ2n) is 5.88. The van der Waals surface area contributed by atoms with E-state index in [2.05, 4.69) is 14.8 Å². The molecule has 0 radical (unpaired) electrons. The first kappa shape index (κ1) is 13.1. The lowest BCUT2D eigenvalue weighted by molar-refractivity contribution is -0.178.